The largest absolute Gasteiger partial charge is 0.462 e. The molecule has 0 aromatic carbocycles. The Morgan fingerprint density at radius 3 is 2.94 bits per heavy atom. The average molecular weight is 241 g/mol. The van der Waals surface area contributed by atoms with Crippen molar-refractivity contribution in [3.05, 3.63) is 0 Å². The van der Waals surface area contributed by atoms with Crippen molar-refractivity contribution >= 4 is 5.97 Å². The average Bonchev–Trinajstić information content (AvgIpc) is 2.78. The molecule has 98 valence electrons. The lowest BCUT2D eigenvalue weighted by atomic mass is 9.77. The van der Waals surface area contributed by atoms with E-state index in [1.807, 2.05) is 0 Å². The molecular formula is C13H23NO3. The topological polar surface area (TPSA) is 47.6 Å². The monoisotopic (exact) mass is 241 g/mol. The van der Waals surface area contributed by atoms with Gasteiger partial charge < -0.3 is 14.8 Å². The van der Waals surface area contributed by atoms with Gasteiger partial charge in [0.15, 0.2) is 0 Å². The molecule has 17 heavy (non-hydrogen) atoms. The summed E-state index contributed by atoms with van der Waals surface area (Å²) in [4.78, 5) is 12.0. The highest BCUT2D eigenvalue weighted by atomic mass is 16.6. The molecule has 2 aliphatic rings. The fraction of sp³-hybridized carbons (Fsp3) is 0.923. The predicted octanol–water partition coefficient (Wildman–Crippen LogP) is 1.49. The Balaban J connectivity index is 1.81. The van der Waals surface area contributed by atoms with E-state index in [0.29, 0.717) is 6.61 Å². The van der Waals surface area contributed by atoms with Crippen LogP contribution in [0.25, 0.3) is 0 Å². The fourth-order valence-electron chi connectivity index (χ4n) is 2.65. The minimum absolute atomic E-state index is 0.00807. The first kappa shape index (κ1) is 12.8. The number of esters is 1. The van der Waals surface area contributed by atoms with Crippen molar-refractivity contribution in [2.24, 2.45) is 5.41 Å². The molecule has 2 aliphatic heterocycles. The van der Waals surface area contributed by atoms with Crippen LogP contribution in [0.4, 0.5) is 0 Å². The number of nitrogens with one attached hydrogen (secondary N) is 1. The highest BCUT2D eigenvalue weighted by Gasteiger charge is 2.38. The summed E-state index contributed by atoms with van der Waals surface area (Å²) in [6.45, 7) is 6.36. The summed E-state index contributed by atoms with van der Waals surface area (Å²) in [7, 11) is 0. The minimum Gasteiger partial charge on any atom is -0.462 e. The molecule has 0 saturated carbocycles. The third-order valence-corrected chi connectivity index (χ3v) is 3.80. The molecule has 2 unspecified atom stereocenters. The Kier molecular flexibility index (Phi) is 4.05. The van der Waals surface area contributed by atoms with Gasteiger partial charge in [-0.05, 0) is 37.6 Å². The Morgan fingerprint density at radius 2 is 2.29 bits per heavy atom. The standard InChI is InChI=1S/C13H23NO3/c1-13(2)6-4-7-14-11(13)12(15)17-9-10-5-3-8-16-10/h10-11,14H,3-9H2,1-2H3. The second kappa shape index (κ2) is 5.36. The van der Waals surface area contributed by atoms with Crippen LogP contribution in [0, 0.1) is 5.41 Å². The predicted molar refractivity (Wildman–Crippen MR) is 64.7 cm³/mol. The first-order valence-electron chi connectivity index (χ1n) is 6.61. The van der Waals surface area contributed by atoms with E-state index in [1.54, 1.807) is 0 Å². The van der Waals surface area contributed by atoms with Crippen LogP contribution in [0.5, 0.6) is 0 Å². The molecule has 2 atom stereocenters. The highest BCUT2D eigenvalue weighted by Crippen LogP contribution is 2.30. The van der Waals surface area contributed by atoms with Gasteiger partial charge in [-0.3, -0.25) is 4.79 Å². The maximum absolute atomic E-state index is 12.0. The molecule has 0 aromatic rings. The molecule has 2 fully saturated rings. The summed E-state index contributed by atoms with van der Waals surface area (Å²) in [5.41, 5.74) is -0.00807. The number of carbonyl (C=O) groups excluding carboxylic acids is 1. The lowest BCUT2D eigenvalue weighted by Crippen LogP contribution is -2.52. The molecule has 0 spiro atoms. The van der Waals surface area contributed by atoms with E-state index in [4.69, 9.17) is 9.47 Å². The third kappa shape index (κ3) is 3.19. The zero-order valence-corrected chi connectivity index (χ0v) is 10.8. The summed E-state index contributed by atoms with van der Waals surface area (Å²) < 4.78 is 10.8. The lowest BCUT2D eigenvalue weighted by molar-refractivity contribution is -0.153. The van der Waals surface area contributed by atoms with Crippen molar-refractivity contribution in [1.82, 2.24) is 5.32 Å². The molecular weight excluding hydrogens is 218 g/mol. The molecule has 0 aliphatic carbocycles. The van der Waals surface area contributed by atoms with Crippen molar-refractivity contribution in [2.75, 3.05) is 19.8 Å². The van der Waals surface area contributed by atoms with E-state index in [0.717, 1.165) is 38.8 Å². The second-order valence-corrected chi connectivity index (χ2v) is 5.74. The number of rotatable bonds is 3. The van der Waals surface area contributed by atoms with E-state index in [9.17, 15) is 4.79 Å². The molecule has 2 saturated heterocycles. The van der Waals surface area contributed by atoms with Gasteiger partial charge in [-0.25, -0.2) is 0 Å². The summed E-state index contributed by atoms with van der Waals surface area (Å²) in [5, 5.41) is 3.27. The Bertz CT molecular complexity index is 272. The zero-order valence-electron chi connectivity index (χ0n) is 10.8. The second-order valence-electron chi connectivity index (χ2n) is 5.74. The number of carbonyl (C=O) groups is 1. The first-order valence-corrected chi connectivity index (χ1v) is 6.61. The molecule has 4 nitrogen and oxygen atoms in total. The van der Waals surface area contributed by atoms with Crippen LogP contribution in [0.15, 0.2) is 0 Å². The van der Waals surface area contributed by atoms with Gasteiger partial charge >= 0.3 is 5.97 Å². The molecule has 0 bridgehead atoms. The molecule has 0 amide bonds. The zero-order chi connectivity index (χ0) is 12.3. The van der Waals surface area contributed by atoms with Crippen LogP contribution in [0.2, 0.25) is 0 Å². The minimum atomic E-state index is -0.169. The van der Waals surface area contributed by atoms with Gasteiger partial charge in [0, 0.05) is 6.61 Å². The molecule has 0 radical (unpaired) electrons. The first-order chi connectivity index (χ1) is 8.09. The van der Waals surface area contributed by atoms with Crippen molar-refractivity contribution in [1.29, 1.82) is 0 Å². The Morgan fingerprint density at radius 1 is 1.47 bits per heavy atom. The van der Waals surface area contributed by atoms with E-state index < -0.39 is 0 Å². The maximum atomic E-state index is 12.0. The smallest absolute Gasteiger partial charge is 0.323 e. The van der Waals surface area contributed by atoms with Gasteiger partial charge in [-0.15, -0.1) is 0 Å². The van der Waals surface area contributed by atoms with Crippen LogP contribution in [-0.2, 0) is 14.3 Å². The fourth-order valence-corrected chi connectivity index (χ4v) is 2.65. The van der Waals surface area contributed by atoms with Crippen molar-refractivity contribution in [2.45, 2.75) is 51.7 Å². The summed E-state index contributed by atoms with van der Waals surface area (Å²) in [5.74, 6) is -0.120. The van der Waals surface area contributed by atoms with Crippen LogP contribution in [0.3, 0.4) is 0 Å². The van der Waals surface area contributed by atoms with Crippen molar-refractivity contribution in [3.63, 3.8) is 0 Å². The van der Waals surface area contributed by atoms with Gasteiger partial charge in [0.1, 0.15) is 12.6 Å². The number of piperidine rings is 1. The van der Waals surface area contributed by atoms with Gasteiger partial charge in [0.2, 0.25) is 0 Å². The summed E-state index contributed by atoms with van der Waals surface area (Å²) in [6.07, 6.45) is 4.40. The molecule has 1 N–H and O–H groups in total. The Labute approximate surface area is 103 Å². The SMILES string of the molecule is CC1(C)CCCNC1C(=O)OCC1CCCO1. The number of hydrogen-bond donors (Lipinski definition) is 1. The Hall–Kier alpha value is -0.610. The third-order valence-electron chi connectivity index (χ3n) is 3.80. The van der Waals surface area contributed by atoms with Crippen LogP contribution < -0.4 is 5.32 Å². The van der Waals surface area contributed by atoms with E-state index >= 15 is 0 Å². The van der Waals surface area contributed by atoms with Crippen LogP contribution >= 0.6 is 0 Å². The van der Waals surface area contributed by atoms with E-state index in [-0.39, 0.29) is 23.5 Å². The van der Waals surface area contributed by atoms with Crippen molar-refractivity contribution < 1.29 is 14.3 Å². The number of ether oxygens (including phenoxy) is 2. The summed E-state index contributed by atoms with van der Waals surface area (Å²) in [6, 6.07) is -0.169. The molecule has 2 rings (SSSR count). The van der Waals surface area contributed by atoms with Gasteiger partial charge in [-0.1, -0.05) is 13.8 Å². The van der Waals surface area contributed by atoms with Gasteiger partial charge in [0.25, 0.3) is 0 Å². The normalized spacial score (nSPS) is 32.4. The molecule has 2 heterocycles. The van der Waals surface area contributed by atoms with Crippen LogP contribution in [0.1, 0.15) is 39.5 Å². The lowest BCUT2D eigenvalue weighted by Gasteiger charge is -2.37. The van der Waals surface area contributed by atoms with Gasteiger partial charge in [0.05, 0.1) is 6.10 Å². The quantitative estimate of drug-likeness (QED) is 0.760. The molecule has 0 aromatic heterocycles. The number of hydrogen-bond acceptors (Lipinski definition) is 4. The highest BCUT2D eigenvalue weighted by molar-refractivity contribution is 5.77. The van der Waals surface area contributed by atoms with E-state index in [1.165, 1.54) is 0 Å². The maximum Gasteiger partial charge on any atom is 0.323 e. The van der Waals surface area contributed by atoms with Gasteiger partial charge in [-0.2, -0.15) is 0 Å². The molecule has 4 heteroatoms. The van der Waals surface area contributed by atoms with Crippen LogP contribution in [-0.4, -0.2) is 37.9 Å². The van der Waals surface area contributed by atoms with Crippen molar-refractivity contribution in [3.8, 4) is 0 Å². The van der Waals surface area contributed by atoms with E-state index in [2.05, 4.69) is 19.2 Å². The summed E-state index contributed by atoms with van der Waals surface area (Å²) >= 11 is 0.